The van der Waals surface area contributed by atoms with Gasteiger partial charge in [0.25, 0.3) is 0 Å². The summed E-state index contributed by atoms with van der Waals surface area (Å²) < 4.78 is 4.92. The first-order chi connectivity index (χ1) is 13.1. The summed E-state index contributed by atoms with van der Waals surface area (Å²) in [6.07, 6.45) is 2.65. The Balaban J connectivity index is 0. The Labute approximate surface area is 166 Å². The number of hydrogen-bond donors (Lipinski definition) is 0. The number of nitrogens with zero attached hydrogens (tertiary/aromatic N) is 7. The number of carbonyl (C=O) groups excluding carboxylic acids is 2. The van der Waals surface area contributed by atoms with Crippen LogP contribution in [0.4, 0.5) is 0 Å². The van der Waals surface area contributed by atoms with Gasteiger partial charge in [-0.15, -0.1) is 0 Å². The Morgan fingerprint density at radius 3 is 1.86 bits per heavy atom. The standard InChI is InChI=1S/C9H14N4O.C9H17N3O2/c1-9(2,8(14)4-6-10)5-3-7-12-13-11;1-4-14-8(13)9(2,3)6-5-7-11-12-10/h3-5,7H2,1-2H3;4-7H2,1-3H3. The molecule has 0 fully saturated rings. The fourth-order valence-corrected chi connectivity index (χ4v) is 2.15. The molecule has 0 aliphatic carbocycles. The van der Waals surface area contributed by atoms with Gasteiger partial charge in [-0.2, -0.15) is 5.26 Å². The van der Waals surface area contributed by atoms with Gasteiger partial charge >= 0.3 is 5.97 Å². The molecule has 0 unspecified atom stereocenters. The second-order valence-electron chi connectivity index (χ2n) is 7.36. The van der Waals surface area contributed by atoms with E-state index in [-0.39, 0.29) is 18.2 Å². The molecule has 0 aromatic carbocycles. The predicted octanol–water partition coefficient (Wildman–Crippen LogP) is 5.25. The summed E-state index contributed by atoms with van der Waals surface area (Å²) in [5.74, 6) is -0.248. The molecule has 0 heterocycles. The third-order valence-corrected chi connectivity index (χ3v) is 4.07. The van der Waals surface area contributed by atoms with Crippen LogP contribution in [0.2, 0.25) is 0 Å². The molecule has 0 atom stereocenters. The average molecular weight is 393 g/mol. The monoisotopic (exact) mass is 393 g/mol. The van der Waals surface area contributed by atoms with Crippen molar-refractivity contribution in [2.24, 2.45) is 21.1 Å². The summed E-state index contributed by atoms with van der Waals surface area (Å²) >= 11 is 0. The maximum atomic E-state index is 11.4. The molecule has 0 aliphatic heterocycles. The van der Waals surface area contributed by atoms with E-state index in [0.29, 0.717) is 45.4 Å². The number of nitriles is 1. The maximum absolute atomic E-state index is 11.4. The number of Topliss-reactive ketones (excluding diaryl/α,β-unsaturated/α-hetero) is 1. The third-order valence-electron chi connectivity index (χ3n) is 4.07. The summed E-state index contributed by atoms with van der Waals surface area (Å²) in [4.78, 5) is 28.1. The first-order valence-electron chi connectivity index (χ1n) is 9.18. The van der Waals surface area contributed by atoms with Crippen LogP contribution in [0.5, 0.6) is 0 Å². The van der Waals surface area contributed by atoms with Gasteiger partial charge in [-0.05, 0) is 57.5 Å². The van der Waals surface area contributed by atoms with Crippen LogP contribution in [-0.2, 0) is 14.3 Å². The van der Waals surface area contributed by atoms with E-state index in [4.69, 9.17) is 21.1 Å². The molecule has 0 saturated heterocycles. The van der Waals surface area contributed by atoms with Crippen molar-refractivity contribution in [3.63, 3.8) is 0 Å². The number of azide groups is 2. The van der Waals surface area contributed by atoms with Crippen molar-refractivity contribution in [2.75, 3.05) is 19.7 Å². The number of rotatable bonds is 12. The Kier molecular flexibility index (Phi) is 15.0. The van der Waals surface area contributed by atoms with Crippen LogP contribution in [0.25, 0.3) is 20.9 Å². The third kappa shape index (κ3) is 13.5. The fraction of sp³-hybridized carbons (Fsp3) is 0.833. The first kappa shape index (κ1) is 27.5. The topological polar surface area (TPSA) is 165 Å². The second kappa shape index (κ2) is 15.3. The lowest BCUT2D eigenvalue weighted by molar-refractivity contribution is -0.153. The summed E-state index contributed by atoms with van der Waals surface area (Å²) in [6.45, 7) is 10.3. The zero-order valence-electron chi connectivity index (χ0n) is 17.5. The molecule has 0 aromatic rings. The average Bonchev–Trinajstić information content (AvgIpc) is 2.63. The van der Waals surface area contributed by atoms with E-state index in [2.05, 4.69) is 20.1 Å². The van der Waals surface area contributed by atoms with Crippen LogP contribution >= 0.6 is 0 Å². The van der Waals surface area contributed by atoms with Crippen LogP contribution in [0, 0.1) is 22.2 Å². The van der Waals surface area contributed by atoms with Gasteiger partial charge in [-0.25, -0.2) is 0 Å². The molecule has 0 aromatic heterocycles. The lowest BCUT2D eigenvalue weighted by atomic mass is 9.82. The molecule has 0 aliphatic rings. The highest BCUT2D eigenvalue weighted by molar-refractivity contribution is 5.85. The van der Waals surface area contributed by atoms with Crippen molar-refractivity contribution in [1.82, 2.24) is 0 Å². The molecule has 10 nitrogen and oxygen atoms in total. The number of esters is 1. The Bertz CT molecular complexity index is 626. The predicted molar refractivity (Wildman–Crippen MR) is 106 cm³/mol. The highest BCUT2D eigenvalue weighted by Gasteiger charge is 2.28. The Morgan fingerprint density at radius 2 is 1.46 bits per heavy atom. The second-order valence-corrected chi connectivity index (χ2v) is 7.36. The molecular weight excluding hydrogens is 362 g/mol. The molecule has 0 bridgehead atoms. The van der Waals surface area contributed by atoms with Crippen LogP contribution in [0.15, 0.2) is 10.2 Å². The van der Waals surface area contributed by atoms with E-state index >= 15 is 0 Å². The molecular formula is C18H31N7O3. The molecule has 0 spiro atoms. The zero-order chi connectivity index (χ0) is 22.1. The minimum absolute atomic E-state index is 0.0471. The maximum Gasteiger partial charge on any atom is 0.311 e. The Morgan fingerprint density at radius 1 is 1.00 bits per heavy atom. The number of ketones is 1. The van der Waals surface area contributed by atoms with Crippen LogP contribution < -0.4 is 0 Å². The van der Waals surface area contributed by atoms with Crippen molar-refractivity contribution in [1.29, 1.82) is 5.26 Å². The number of ether oxygens (including phenoxy) is 1. The molecule has 0 saturated carbocycles. The number of carbonyl (C=O) groups is 2. The summed E-state index contributed by atoms with van der Waals surface area (Å²) in [7, 11) is 0. The zero-order valence-corrected chi connectivity index (χ0v) is 17.5. The summed E-state index contributed by atoms with van der Waals surface area (Å²) in [6, 6.07) is 1.84. The molecule has 0 amide bonds. The molecule has 28 heavy (non-hydrogen) atoms. The van der Waals surface area contributed by atoms with Crippen molar-refractivity contribution in [2.45, 2.75) is 66.7 Å². The van der Waals surface area contributed by atoms with Crippen molar-refractivity contribution < 1.29 is 14.3 Å². The highest BCUT2D eigenvalue weighted by atomic mass is 16.5. The molecule has 156 valence electrons. The minimum atomic E-state index is -0.485. The first-order valence-corrected chi connectivity index (χ1v) is 9.18. The minimum Gasteiger partial charge on any atom is -0.466 e. The quantitative estimate of drug-likeness (QED) is 0.145. The largest absolute Gasteiger partial charge is 0.466 e. The lowest BCUT2D eigenvalue weighted by Gasteiger charge is -2.21. The van der Waals surface area contributed by atoms with E-state index in [1.807, 2.05) is 33.8 Å². The SMILES string of the molecule is CC(C)(CCCN=[N+]=[N-])C(=O)CC#N.CCOC(=O)C(C)(C)CCCN=[N+]=[N-]. The Hall–Kier alpha value is -2.75. The van der Waals surface area contributed by atoms with E-state index in [0.717, 1.165) is 0 Å². The van der Waals surface area contributed by atoms with E-state index in [9.17, 15) is 9.59 Å². The molecule has 0 rings (SSSR count). The summed E-state index contributed by atoms with van der Waals surface area (Å²) in [5.41, 5.74) is 15.1. The lowest BCUT2D eigenvalue weighted by Crippen LogP contribution is -2.26. The van der Waals surface area contributed by atoms with E-state index in [1.54, 1.807) is 6.92 Å². The van der Waals surface area contributed by atoms with Gasteiger partial charge in [0.15, 0.2) is 5.78 Å². The molecule has 0 radical (unpaired) electrons. The van der Waals surface area contributed by atoms with Crippen molar-refractivity contribution >= 4 is 11.8 Å². The van der Waals surface area contributed by atoms with Gasteiger partial charge in [0.1, 0.15) is 0 Å². The van der Waals surface area contributed by atoms with Crippen LogP contribution in [0.1, 0.15) is 66.7 Å². The fourth-order valence-electron chi connectivity index (χ4n) is 2.15. The van der Waals surface area contributed by atoms with Gasteiger partial charge in [-0.1, -0.05) is 24.1 Å². The molecule has 0 N–H and O–H groups in total. The van der Waals surface area contributed by atoms with Crippen molar-refractivity contribution in [3.8, 4) is 6.07 Å². The highest BCUT2D eigenvalue weighted by Crippen LogP contribution is 2.25. The van der Waals surface area contributed by atoms with Crippen LogP contribution in [0.3, 0.4) is 0 Å². The van der Waals surface area contributed by atoms with Gasteiger partial charge < -0.3 is 4.74 Å². The number of hydrogen-bond acceptors (Lipinski definition) is 6. The smallest absolute Gasteiger partial charge is 0.311 e. The van der Waals surface area contributed by atoms with Gasteiger partial charge in [0.2, 0.25) is 0 Å². The molecule has 10 heteroatoms. The van der Waals surface area contributed by atoms with Gasteiger partial charge in [0.05, 0.1) is 24.5 Å². The van der Waals surface area contributed by atoms with Gasteiger partial charge in [-0.3, -0.25) is 9.59 Å². The normalized spacial score (nSPS) is 10.3. The van der Waals surface area contributed by atoms with Gasteiger partial charge in [0, 0.05) is 28.3 Å². The van der Waals surface area contributed by atoms with E-state index in [1.165, 1.54) is 0 Å². The van der Waals surface area contributed by atoms with Crippen molar-refractivity contribution in [3.05, 3.63) is 20.9 Å². The van der Waals surface area contributed by atoms with Crippen LogP contribution in [-0.4, -0.2) is 31.4 Å². The van der Waals surface area contributed by atoms with E-state index < -0.39 is 10.8 Å². The summed E-state index contributed by atoms with van der Waals surface area (Å²) in [5, 5.41) is 15.2.